The van der Waals surface area contributed by atoms with Crippen molar-refractivity contribution < 1.29 is 23.5 Å². The van der Waals surface area contributed by atoms with Crippen LogP contribution in [0.4, 0.5) is 4.79 Å². The van der Waals surface area contributed by atoms with Gasteiger partial charge in [0.05, 0.1) is 6.42 Å². The molecule has 0 saturated carbocycles. The third-order valence-corrected chi connectivity index (χ3v) is 3.39. The average molecular weight is 375 g/mol. The van der Waals surface area contributed by atoms with E-state index in [9.17, 15) is 9.59 Å². The standard InChI is InChI=1S/C19H25N3O5/c1-12-6-8-14(9-7-12)17-22-21-16(26-17)13(2)25-15(23)10-11-20-18(24)27-19(3,4)5/h6-9,13H,10-11H2,1-5H3,(H,20,24)/t13-/m1/s1. The second kappa shape index (κ2) is 8.66. The van der Waals surface area contributed by atoms with Gasteiger partial charge in [-0.15, -0.1) is 10.2 Å². The highest BCUT2D eigenvalue weighted by atomic mass is 16.6. The van der Waals surface area contributed by atoms with Crippen molar-refractivity contribution >= 4 is 12.1 Å². The fraction of sp³-hybridized carbons (Fsp3) is 0.474. The molecule has 2 aromatic rings. The minimum atomic E-state index is -0.689. The molecule has 0 unspecified atom stereocenters. The van der Waals surface area contributed by atoms with Crippen molar-refractivity contribution in [1.82, 2.24) is 15.5 Å². The molecule has 0 aliphatic heterocycles. The van der Waals surface area contributed by atoms with Crippen LogP contribution < -0.4 is 5.32 Å². The number of aryl methyl sites for hydroxylation is 1. The Bertz CT molecular complexity index is 777. The van der Waals surface area contributed by atoms with Crippen LogP contribution in [0.3, 0.4) is 0 Å². The highest BCUT2D eigenvalue weighted by Gasteiger charge is 2.20. The van der Waals surface area contributed by atoms with Gasteiger partial charge in [-0.25, -0.2) is 4.79 Å². The Labute approximate surface area is 158 Å². The van der Waals surface area contributed by atoms with Crippen molar-refractivity contribution in [2.24, 2.45) is 0 Å². The second-order valence-electron chi connectivity index (χ2n) is 7.12. The highest BCUT2D eigenvalue weighted by Crippen LogP contribution is 2.22. The van der Waals surface area contributed by atoms with Gasteiger partial charge in [0.2, 0.25) is 5.89 Å². The van der Waals surface area contributed by atoms with E-state index in [-0.39, 0.29) is 18.9 Å². The SMILES string of the molecule is Cc1ccc(-c2nnc([C@@H](C)OC(=O)CCNC(=O)OC(C)(C)C)o2)cc1. The molecule has 2 rings (SSSR count). The molecule has 8 heteroatoms. The molecular formula is C19H25N3O5. The minimum Gasteiger partial charge on any atom is -0.453 e. The van der Waals surface area contributed by atoms with Crippen LogP contribution in [0.25, 0.3) is 11.5 Å². The first-order chi connectivity index (χ1) is 12.6. The number of aromatic nitrogens is 2. The summed E-state index contributed by atoms with van der Waals surface area (Å²) in [4.78, 5) is 23.4. The van der Waals surface area contributed by atoms with Crippen LogP contribution in [0.2, 0.25) is 0 Å². The third-order valence-electron chi connectivity index (χ3n) is 3.39. The molecule has 0 spiro atoms. The number of amides is 1. The Morgan fingerprint density at radius 2 is 1.85 bits per heavy atom. The number of rotatable bonds is 6. The monoisotopic (exact) mass is 375 g/mol. The maximum absolute atomic E-state index is 11.9. The number of nitrogens with one attached hydrogen (secondary N) is 1. The van der Waals surface area contributed by atoms with Crippen molar-refractivity contribution in [3.8, 4) is 11.5 Å². The molecule has 1 aromatic carbocycles. The smallest absolute Gasteiger partial charge is 0.407 e. The van der Waals surface area contributed by atoms with Crippen molar-refractivity contribution in [3.63, 3.8) is 0 Å². The molecule has 1 heterocycles. The molecule has 0 saturated heterocycles. The lowest BCUT2D eigenvalue weighted by molar-refractivity contribution is -0.149. The summed E-state index contributed by atoms with van der Waals surface area (Å²) >= 11 is 0. The molecule has 0 bridgehead atoms. The first-order valence-electron chi connectivity index (χ1n) is 8.71. The van der Waals surface area contributed by atoms with Gasteiger partial charge in [-0.1, -0.05) is 17.7 Å². The van der Waals surface area contributed by atoms with Crippen LogP contribution in [-0.4, -0.2) is 34.4 Å². The summed E-state index contributed by atoms with van der Waals surface area (Å²) in [5, 5.41) is 10.4. The van der Waals surface area contributed by atoms with Gasteiger partial charge in [0.25, 0.3) is 5.89 Å². The van der Waals surface area contributed by atoms with E-state index in [4.69, 9.17) is 13.9 Å². The fourth-order valence-electron chi connectivity index (χ4n) is 2.10. The Kier molecular flexibility index (Phi) is 6.55. The number of benzene rings is 1. The highest BCUT2D eigenvalue weighted by molar-refractivity contribution is 5.72. The first-order valence-corrected chi connectivity index (χ1v) is 8.71. The van der Waals surface area contributed by atoms with Gasteiger partial charge >= 0.3 is 12.1 Å². The van der Waals surface area contributed by atoms with Gasteiger partial charge in [0.15, 0.2) is 6.10 Å². The minimum absolute atomic E-state index is 0.00252. The van der Waals surface area contributed by atoms with E-state index in [1.807, 2.05) is 31.2 Å². The summed E-state index contributed by atoms with van der Waals surface area (Å²) in [6.45, 7) is 9.03. The summed E-state index contributed by atoms with van der Waals surface area (Å²) in [5.41, 5.74) is 1.33. The third kappa shape index (κ3) is 6.73. The number of hydrogen-bond donors (Lipinski definition) is 1. The van der Waals surface area contributed by atoms with E-state index in [1.165, 1.54) is 0 Å². The normalized spacial score (nSPS) is 12.3. The van der Waals surface area contributed by atoms with E-state index < -0.39 is 23.8 Å². The molecular weight excluding hydrogens is 350 g/mol. The van der Waals surface area contributed by atoms with E-state index in [1.54, 1.807) is 27.7 Å². The summed E-state index contributed by atoms with van der Waals surface area (Å²) in [6.07, 6.45) is -1.27. The first kappa shape index (κ1) is 20.4. The van der Waals surface area contributed by atoms with Gasteiger partial charge < -0.3 is 19.2 Å². The van der Waals surface area contributed by atoms with Crippen LogP contribution in [0, 0.1) is 6.92 Å². The van der Waals surface area contributed by atoms with Gasteiger partial charge in [0, 0.05) is 12.1 Å². The van der Waals surface area contributed by atoms with Crippen LogP contribution in [-0.2, 0) is 14.3 Å². The number of esters is 1. The van der Waals surface area contributed by atoms with Gasteiger partial charge in [-0.05, 0) is 46.8 Å². The zero-order valence-electron chi connectivity index (χ0n) is 16.2. The van der Waals surface area contributed by atoms with Crippen molar-refractivity contribution in [1.29, 1.82) is 0 Å². The molecule has 27 heavy (non-hydrogen) atoms. The Morgan fingerprint density at radius 1 is 1.19 bits per heavy atom. The van der Waals surface area contributed by atoms with Crippen LogP contribution >= 0.6 is 0 Å². The Morgan fingerprint density at radius 3 is 2.48 bits per heavy atom. The van der Waals surface area contributed by atoms with E-state index in [0.717, 1.165) is 11.1 Å². The summed E-state index contributed by atoms with van der Waals surface area (Å²) < 4.78 is 15.9. The Hall–Kier alpha value is -2.90. The largest absolute Gasteiger partial charge is 0.453 e. The molecule has 0 aliphatic rings. The zero-order chi connectivity index (χ0) is 20.0. The average Bonchev–Trinajstić information content (AvgIpc) is 3.04. The van der Waals surface area contributed by atoms with Crippen molar-refractivity contribution in [2.75, 3.05) is 6.54 Å². The predicted molar refractivity (Wildman–Crippen MR) is 97.8 cm³/mol. The number of carbonyl (C=O) groups is 2. The number of nitrogens with zero attached hydrogens (tertiary/aromatic N) is 2. The lowest BCUT2D eigenvalue weighted by Gasteiger charge is -2.19. The van der Waals surface area contributed by atoms with Gasteiger partial charge in [0.1, 0.15) is 5.60 Å². The molecule has 8 nitrogen and oxygen atoms in total. The van der Waals surface area contributed by atoms with Crippen LogP contribution in [0.5, 0.6) is 0 Å². The number of hydrogen-bond acceptors (Lipinski definition) is 7. The molecule has 1 aromatic heterocycles. The zero-order valence-corrected chi connectivity index (χ0v) is 16.2. The predicted octanol–water partition coefficient (Wildman–Crippen LogP) is 3.56. The number of ether oxygens (including phenoxy) is 2. The van der Waals surface area contributed by atoms with E-state index in [2.05, 4.69) is 15.5 Å². The number of carbonyl (C=O) groups excluding carboxylic acids is 2. The lowest BCUT2D eigenvalue weighted by atomic mass is 10.1. The molecule has 0 radical (unpaired) electrons. The fourth-order valence-corrected chi connectivity index (χ4v) is 2.10. The summed E-state index contributed by atoms with van der Waals surface area (Å²) in [6, 6.07) is 7.65. The summed E-state index contributed by atoms with van der Waals surface area (Å²) in [7, 11) is 0. The van der Waals surface area contributed by atoms with Gasteiger partial charge in [-0.3, -0.25) is 4.79 Å². The van der Waals surface area contributed by atoms with Crippen molar-refractivity contribution in [3.05, 3.63) is 35.7 Å². The number of alkyl carbamates (subject to hydrolysis) is 1. The quantitative estimate of drug-likeness (QED) is 0.770. The molecule has 146 valence electrons. The lowest BCUT2D eigenvalue weighted by Crippen LogP contribution is -2.33. The van der Waals surface area contributed by atoms with E-state index >= 15 is 0 Å². The maximum Gasteiger partial charge on any atom is 0.407 e. The molecule has 0 fully saturated rings. The molecule has 1 amide bonds. The topological polar surface area (TPSA) is 104 Å². The second-order valence-corrected chi connectivity index (χ2v) is 7.12. The van der Waals surface area contributed by atoms with Crippen molar-refractivity contribution in [2.45, 2.75) is 52.7 Å². The molecule has 1 atom stereocenters. The summed E-state index contributed by atoms with van der Waals surface area (Å²) in [5.74, 6) is 0.0761. The van der Waals surface area contributed by atoms with Crippen LogP contribution in [0.15, 0.2) is 28.7 Å². The van der Waals surface area contributed by atoms with Gasteiger partial charge in [-0.2, -0.15) is 0 Å². The molecule has 0 aliphatic carbocycles. The molecule has 1 N–H and O–H groups in total. The maximum atomic E-state index is 11.9. The Balaban J connectivity index is 1.81. The van der Waals surface area contributed by atoms with E-state index in [0.29, 0.717) is 5.89 Å². The van der Waals surface area contributed by atoms with Crippen LogP contribution in [0.1, 0.15) is 51.7 Å².